The summed E-state index contributed by atoms with van der Waals surface area (Å²) in [5, 5.41) is 9.48. The number of benzene rings is 1. The lowest BCUT2D eigenvalue weighted by Gasteiger charge is -2.13. The number of nitrogens with zero attached hydrogens (tertiary/aromatic N) is 1. The van der Waals surface area contributed by atoms with Gasteiger partial charge in [-0.15, -0.1) is 0 Å². The molecule has 1 aromatic carbocycles. The Labute approximate surface area is 91.5 Å². The van der Waals surface area contributed by atoms with E-state index in [0.717, 1.165) is 13.0 Å². The molecule has 2 atom stereocenters. The smallest absolute Gasteiger partial charge is 0.0518 e. The highest BCUT2D eigenvalue weighted by atomic mass is 16.3. The zero-order chi connectivity index (χ0) is 11.0. The summed E-state index contributed by atoms with van der Waals surface area (Å²) >= 11 is 0. The number of aliphatic hydroxyl groups is 1. The van der Waals surface area contributed by atoms with Crippen LogP contribution < -0.4 is 4.90 Å². The Morgan fingerprint density at radius 1 is 1.53 bits per heavy atom. The molecule has 1 heterocycles. The minimum Gasteiger partial charge on any atom is -0.393 e. The molecule has 1 aliphatic heterocycles. The quantitative estimate of drug-likeness (QED) is 0.800. The average molecular weight is 205 g/mol. The lowest BCUT2D eigenvalue weighted by molar-refractivity contribution is 0.176. The summed E-state index contributed by atoms with van der Waals surface area (Å²) in [6.45, 7) is 5.02. The zero-order valence-corrected chi connectivity index (χ0v) is 9.70. The maximum Gasteiger partial charge on any atom is 0.0518 e. The molecular formula is C13H19NO. The van der Waals surface area contributed by atoms with E-state index < -0.39 is 0 Å². The number of hydrogen-bond donors (Lipinski definition) is 1. The Hall–Kier alpha value is -1.02. The van der Waals surface area contributed by atoms with Gasteiger partial charge in [0, 0.05) is 25.2 Å². The Morgan fingerprint density at radius 2 is 2.27 bits per heavy atom. The molecule has 2 unspecified atom stereocenters. The number of aryl methyl sites for hydroxylation is 1. The standard InChI is InChI=1S/C13H19NO/c1-9-4-5-13-12(6-9)11(7-10(2)15)8-14(13)3/h4-6,10-11,15H,7-8H2,1-3H3. The number of likely N-dealkylation sites (N-methyl/N-ethyl adjacent to an activating group) is 1. The molecule has 15 heavy (non-hydrogen) atoms. The van der Waals surface area contributed by atoms with E-state index in [0.29, 0.717) is 5.92 Å². The van der Waals surface area contributed by atoms with E-state index in [1.807, 2.05) is 6.92 Å². The Morgan fingerprint density at radius 3 is 2.93 bits per heavy atom. The first-order chi connectivity index (χ1) is 7.08. The van der Waals surface area contributed by atoms with E-state index in [-0.39, 0.29) is 6.10 Å². The normalized spacial score (nSPS) is 21.6. The Balaban J connectivity index is 2.31. The van der Waals surface area contributed by atoms with E-state index in [4.69, 9.17) is 0 Å². The fourth-order valence-corrected chi connectivity index (χ4v) is 2.49. The molecule has 1 aliphatic rings. The van der Waals surface area contributed by atoms with E-state index >= 15 is 0 Å². The summed E-state index contributed by atoms with van der Waals surface area (Å²) < 4.78 is 0. The molecule has 1 aromatic rings. The van der Waals surface area contributed by atoms with Gasteiger partial charge in [-0.2, -0.15) is 0 Å². The van der Waals surface area contributed by atoms with Crippen molar-refractivity contribution in [3.05, 3.63) is 29.3 Å². The molecule has 2 heteroatoms. The van der Waals surface area contributed by atoms with E-state index in [2.05, 4.69) is 37.1 Å². The summed E-state index contributed by atoms with van der Waals surface area (Å²) in [5.41, 5.74) is 4.03. The van der Waals surface area contributed by atoms with Crippen LogP contribution in [0.15, 0.2) is 18.2 Å². The minimum absolute atomic E-state index is 0.213. The van der Waals surface area contributed by atoms with Crippen molar-refractivity contribution in [1.29, 1.82) is 0 Å². The number of fused-ring (bicyclic) bond motifs is 1. The summed E-state index contributed by atoms with van der Waals surface area (Å²) in [6, 6.07) is 6.60. The summed E-state index contributed by atoms with van der Waals surface area (Å²) in [5.74, 6) is 0.491. The van der Waals surface area contributed by atoms with Crippen molar-refractivity contribution >= 4 is 5.69 Å². The molecule has 0 fully saturated rings. The van der Waals surface area contributed by atoms with Crippen LogP contribution in [-0.2, 0) is 0 Å². The molecule has 0 spiro atoms. The van der Waals surface area contributed by atoms with Crippen molar-refractivity contribution in [2.24, 2.45) is 0 Å². The summed E-state index contributed by atoms with van der Waals surface area (Å²) in [6.07, 6.45) is 0.649. The third-order valence-electron chi connectivity index (χ3n) is 3.15. The van der Waals surface area contributed by atoms with Crippen molar-refractivity contribution < 1.29 is 5.11 Å². The van der Waals surface area contributed by atoms with E-state index in [9.17, 15) is 5.11 Å². The number of hydrogen-bond acceptors (Lipinski definition) is 2. The second-order valence-electron chi connectivity index (χ2n) is 4.72. The maximum absolute atomic E-state index is 9.48. The highest BCUT2D eigenvalue weighted by Crippen LogP contribution is 2.38. The van der Waals surface area contributed by atoms with Gasteiger partial charge >= 0.3 is 0 Å². The van der Waals surface area contributed by atoms with Gasteiger partial charge in [-0.3, -0.25) is 0 Å². The van der Waals surface area contributed by atoms with E-state index in [1.54, 1.807) is 0 Å². The zero-order valence-electron chi connectivity index (χ0n) is 9.70. The van der Waals surface area contributed by atoms with Crippen LogP contribution in [0.1, 0.15) is 30.4 Å². The van der Waals surface area contributed by atoms with Crippen LogP contribution in [0.3, 0.4) is 0 Å². The van der Waals surface area contributed by atoms with E-state index in [1.165, 1.54) is 16.8 Å². The van der Waals surface area contributed by atoms with Gasteiger partial charge in [0.25, 0.3) is 0 Å². The van der Waals surface area contributed by atoms with Crippen LogP contribution in [0.25, 0.3) is 0 Å². The third-order valence-corrected chi connectivity index (χ3v) is 3.15. The Bertz CT molecular complexity index is 358. The molecular weight excluding hydrogens is 186 g/mol. The number of anilines is 1. The monoisotopic (exact) mass is 205 g/mol. The van der Waals surface area contributed by atoms with Crippen LogP contribution in [0.4, 0.5) is 5.69 Å². The second-order valence-corrected chi connectivity index (χ2v) is 4.72. The van der Waals surface area contributed by atoms with Crippen LogP contribution in [0.5, 0.6) is 0 Å². The molecule has 2 nitrogen and oxygen atoms in total. The number of rotatable bonds is 2. The van der Waals surface area contributed by atoms with Gasteiger partial charge in [-0.05, 0) is 31.9 Å². The molecule has 0 amide bonds. The molecule has 0 aliphatic carbocycles. The maximum atomic E-state index is 9.48. The first-order valence-electron chi connectivity index (χ1n) is 5.57. The van der Waals surface area contributed by atoms with Gasteiger partial charge in [0.2, 0.25) is 0 Å². The largest absolute Gasteiger partial charge is 0.393 e. The first-order valence-corrected chi connectivity index (χ1v) is 5.57. The van der Waals surface area contributed by atoms with Crippen LogP contribution >= 0.6 is 0 Å². The van der Waals surface area contributed by atoms with Crippen LogP contribution in [0, 0.1) is 6.92 Å². The van der Waals surface area contributed by atoms with Gasteiger partial charge < -0.3 is 10.0 Å². The molecule has 0 saturated carbocycles. The summed E-state index contributed by atoms with van der Waals surface area (Å²) in [4.78, 5) is 2.28. The molecule has 1 N–H and O–H groups in total. The molecule has 0 saturated heterocycles. The lowest BCUT2D eigenvalue weighted by Crippen LogP contribution is -2.17. The predicted octanol–water partition coefficient (Wildman–Crippen LogP) is 2.30. The fourth-order valence-electron chi connectivity index (χ4n) is 2.49. The highest BCUT2D eigenvalue weighted by molar-refractivity contribution is 5.60. The minimum atomic E-state index is -0.213. The van der Waals surface area contributed by atoms with Crippen LogP contribution in [0.2, 0.25) is 0 Å². The third kappa shape index (κ3) is 2.00. The molecule has 0 aromatic heterocycles. The Kier molecular flexibility index (Phi) is 2.70. The molecule has 0 bridgehead atoms. The second kappa shape index (κ2) is 3.86. The fraction of sp³-hybridized carbons (Fsp3) is 0.538. The van der Waals surface area contributed by atoms with Crippen LogP contribution in [-0.4, -0.2) is 24.8 Å². The van der Waals surface area contributed by atoms with Crippen molar-refractivity contribution in [2.75, 3.05) is 18.5 Å². The lowest BCUT2D eigenvalue weighted by atomic mass is 9.94. The van der Waals surface area contributed by atoms with Gasteiger partial charge in [0.05, 0.1) is 6.10 Å². The molecule has 82 valence electrons. The number of aliphatic hydroxyl groups excluding tert-OH is 1. The van der Waals surface area contributed by atoms with Crippen molar-refractivity contribution in [1.82, 2.24) is 0 Å². The highest BCUT2D eigenvalue weighted by Gasteiger charge is 2.26. The SMILES string of the molecule is Cc1ccc2c(c1)C(CC(C)O)CN2C. The van der Waals surface area contributed by atoms with Crippen molar-refractivity contribution in [3.8, 4) is 0 Å². The van der Waals surface area contributed by atoms with Gasteiger partial charge in [0.1, 0.15) is 0 Å². The van der Waals surface area contributed by atoms with Crippen molar-refractivity contribution in [2.45, 2.75) is 32.3 Å². The summed E-state index contributed by atoms with van der Waals surface area (Å²) in [7, 11) is 2.12. The molecule has 2 rings (SSSR count). The predicted molar refractivity (Wildman–Crippen MR) is 63.5 cm³/mol. The average Bonchev–Trinajstić information content (AvgIpc) is 2.42. The topological polar surface area (TPSA) is 23.5 Å². The van der Waals surface area contributed by atoms with Crippen molar-refractivity contribution in [3.63, 3.8) is 0 Å². The van der Waals surface area contributed by atoms with Gasteiger partial charge in [-0.25, -0.2) is 0 Å². The molecule has 0 radical (unpaired) electrons. The first kappa shape index (κ1) is 10.5. The van der Waals surface area contributed by atoms with Gasteiger partial charge in [0.15, 0.2) is 0 Å². The van der Waals surface area contributed by atoms with Gasteiger partial charge in [-0.1, -0.05) is 17.7 Å².